The van der Waals surface area contributed by atoms with Gasteiger partial charge in [-0.2, -0.15) is 0 Å². The van der Waals surface area contributed by atoms with Crippen molar-refractivity contribution in [1.82, 2.24) is 4.98 Å². The lowest BCUT2D eigenvalue weighted by atomic mass is 10.0. The Kier molecular flexibility index (Phi) is 3.88. The Balaban J connectivity index is 1.71. The number of fused-ring (bicyclic) bond motifs is 1. The Hall–Kier alpha value is -1.94. The van der Waals surface area contributed by atoms with E-state index in [1.54, 1.807) is 11.8 Å². The van der Waals surface area contributed by atoms with E-state index >= 15 is 0 Å². The van der Waals surface area contributed by atoms with Gasteiger partial charge >= 0.3 is 0 Å². The number of benzene rings is 2. The second-order valence-corrected chi connectivity index (χ2v) is 6.40. The predicted molar refractivity (Wildman–Crippen MR) is 88.5 cm³/mol. The van der Waals surface area contributed by atoms with Crippen LogP contribution in [-0.4, -0.2) is 4.98 Å². The second kappa shape index (κ2) is 5.82. The van der Waals surface area contributed by atoms with Gasteiger partial charge in [-0.25, -0.2) is 4.98 Å². The maximum absolute atomic E-state index is 5.74. The quantitative estimate of drug-likeness (QED) is 0.554. The molecule has 1 aromatic heterocycles. The minimum Gasteiger partial charge on any atom is -0.440 e. The average molecular weight is 298 g/mol. The minimum atomic E-state index is 0.562. The molecule has 0 fully saturated rings. The van der Waals surface area contributed by atoms with Crippen LogP contribution in [0.2, 0.25) is 0 Å². The third-order valence-electron chi connectivity index (χ3n) is 3.37. The molecule has 2 N–H and O–H groups in total. The maximum Gasteiger partial charge on any atom is 0.205 e. The topological polar surface area (TPSA) is 52.0 Å². The van der Waals surface area contributed by atoms with Gasteiger partial charge in [0.2, 0.25) is 5.89 Å². The Morgan fingerprint density at radius 1 is 1.14 bits per heavy atom. The number of oxazole rings is 1. The van der Waals surface area contributed by atoms with Crippen LogP contribution < -0.4 is 5.73 Å². The Morgan fingerprint density at radius 2 is 1.90 bits per heavy atom. The molecule has 3 aromatic rings. The maximum atomic E-state index is 5.74. The van der Waals surface area contributed by atoms with Gasteiger partial charge in [-0.05, 0) is 35.7 Å². The molecule has 0 saturated heterocycles. The zero-order chi connectivity index (χ0) is 14.8. The summed E-state index contributed by atoms with van der Waals surface area (Å²) in [7, 11) is 0. The summed E-state index contributed by atoms with van der Waals surface area (Å²) in [4.78, 5) is 5.69. The van der Waals surface area contributed by atoms with Gasteiger partial charge in [0.1, 0.15) is 5.52 Å². The molecule has 4 heteroatoms. The third kappa shape index (κ3) is 3.22. The van der Waals surface area contributed by atoms with Crippen LogP contribution in [0.15, 0.2) is 51.8 Å². The van der Waals surface area contributed by atoms with Crippen molar-refractivity contribution in [1.29, 1.82) is 0 Å². The van der Waals surface area contributed by atoms with Crippen LogP contribution in [0.1, 0.15) is 31.2 Å². The smallest absolute Gasteiger partial charge is 0.205 e. The van der Waals surface area contributed by atoms with E-state index in [1.165, 1.54) is 10.5 Å². The molecule has 0 aliphatic rings. The Bertz CT molecular complexity index is 747. The number of nitrogens with zero attached hydrogens (tertiary/aromatic N) is 1. The van der Waals surface area contributed by atoms with Crippen molar-refractivity contribution >= 4 is 28.5 Å². The van der Waals surface area contributed by atoms with E-state index in [2.05, 4.69) is 43.1 Å². The normalized spacial score (nSPS) is 11.4. The van der Waals surface area contributed by atoms with Crippen LogP contribution in [0.5, 0.6) is 0 Å². The number of rotatable bonds is 4. The fourth-order valence-electron chi connectivity index (χ4n) is 2.14. The van der Waals surface area contributed by atoms with E-state index in [9.17, 15) is 0 Å². The second-order valence-electron chi connectivity index (χ2n) is 5.35. The summed E-state index contributed by atoms with van der Waals surface area (Å²) in [5, 5.41) is 0. The first-order valence-corrected chi connectivity index (χ1v) is 7.98. The van der Waals surface area contributed by atoms with Gasteiger partial charge in [0.25, 0.3) is 0 Å². The number of thioether (sulfide) groups is 1. The summed E-state index contributed by atoms with van der Waals surface area (Å²) in [6.07, 6.45) is 0. The molecule has 2 aromatic carbocycles. The van der Waals surface area contributed by atoms with Gasteiger partial charge in [0, 0.05) is 16.6 Å². The summed E-state index contributed by atoms with van der Waals surface area (Å²) >= 11 is 1.73. The SMILES string of the molecule is CC(C)c1ccc(SCc2nc3ccc(N)cc3o2)cc1. The highest BCUT2D eigenvalue weighted by atomic mass is 32.2. The molecule has 1 heterocycles. The number of nitrogens with two attached hydrogens (primary N) is 1. The van der Waals surface area contributed by atoms with Gasteiger partial charge < -0.3 is 10.2 Å². The molecule has 108 valence electrons. The lowest BCUT2D eigenvalue weighted by Crippen LogP contribution is -1.86. The number of anilines is 1. The summed E-state index contributed by atoms with van der Waals surface area (Å²) in [6.45, 7) is 4.40. The van der Waals surface area contributed by atoms with Crippen LogP contribution in [0.3, 0.4) is 0 Å². The van der Waals surface area contributed by atoms with Crippen molar-refractivity contribution in [2.75, 3.05) is 5.73 Å². The van der Waals surface area contributed by atoms with E-state index in [-0.39, 0.29) is 0 Å². The molecule has 0 amide bonds. The standard InChI is InChI=1S/C17H18N2OS/c1-11(2)12-3-6-14(7-4-12)21-10-17-19-15-8-5-13(18)9-16(15)20-17/h3-9,11H,10,18H2,1-2H3. The summed E-state index contributed by atoms with van der Waals surface area (Å²) in [5.74, 6) is 2.01. The first-order valence-electron chi connectivity index (χ1n) is 6.99. The first-order chi connectivity index (χ1) is 10.1. The Labute approximate surface area is 128 Å². The van der Waals surface area contributed by atoms with Crippen LogP contribution >= 0.6 is 11.8 Å². The van der Waals surface area contributed by atoms with E-state index in [1.807, 2.05) is 18.2 Å². The lowest BCUT2D eigenvalue weighted by molar-refractivity contribution is 0.556. The molecule has 0 aliphatic carbocycles. The monoisotopic (exact) mass is 298 g/mol. The Morgan fingerprint density at radius 3 is 2.62 bits per heavy atom. The first kappa shape index (κ1) is 14.0. The third-order valence-corrected chi connectivity index (χ3v) is 4.36. The van der Waals surface area contributed by atoms with Crippen LogP contribution in [0.25, 0.3) is 11.1 Å². The highest BCUT2D eigenvalue weighted by molar-refractivity contribution is 7.98. The molecule has 0 atom stereocenters. The van der Waals surface area contributed by atoms with Crippen molar-refractivity contribution in [3.05, 3.63) is 53.9 Å². The van der Waals surface area contributed by atoms with Crippen molar-refractivity contribution in [3.8, 4) is 0 Å². The van der Waals surface area contributed by atoms with E-state index in [0.717, 1.165) is 22.7 Å². The highest BCUT2D eigenvalue weighted by Gasteiger charge is 2.07. The fourth-order valence-corrected chi connectivity index (χ4v) is 2.89. The number of hydrogen-bond acceptors (Lipinski definition) is 4. The molecule has 21 heavy (non-hydrogen) atoms. The van der Waals surface area contributed by atoms with Crippen LogP contribution in [0.4, 0.5) is 5.69 Å². The molecule has 0 aliphatic heterocycles. The molecule has 0 spiro atoms. The lowest BCUT2D eigenvalue weighted by Gasteiger charge is -2.05. The van der Waals surface area contributed by atoms with Crippen LogP contribution in [-0.2, 0) is 5.75 Å². The zero-order valence-electron chi connectivity index (χ0n) is 12.2. The molecule has 0 unspecified atom stereocenters. The van der Waals surface area contributed by atoms with Crippen molar-refractivity contribution in [2.24, 2.45) is 0 Å². The average Bonchev–Trinajstić information content (AvgIpc) is 2.87. The molecule has 3 nitrogen and oxygen atoms in total. The molecule has 0 saturated carbocycles. The molecular weight excluding hydrogens is 280 g/mol. The molecule has 0 radical (unpaired) electrons. The molecule has 0 bridgehead atoms. The predicted octanol–water partition coefficient (Wildman–Crippen LogP) is 4.83. The van der Waals surface area contributed by atoms with Gasteiger partial charge in [-0.1, -0.05) is 26.0 Å². The van der Waals surface area contributed by atoms with Crippen molar-refractivity contribution < 1.29 is 4.42 Å². The van der Waals surface area contributed by atoms with E-state index in [0.29, 0.717) is 11.6 Å². The van der Waals surface area contributed by atoms with E-state index < -0.39 is 0 Å². The number of aromatic nitrogens is 1. The van der Waals surface area contributed by atoms with Gasteiger partial charge in [0.05, 0.1) is 5.75 Å². The van der Waals surface area contributed by atoms with Crippen molar-refractivity contribution in [3.63, 3.8) is 0 Å². The largest absolute Gasteiger partial charge is 0.440 e. The molecular formula is C17H18N2OS. The van der Waals surface area contributed by atoms with Gasteiger partial charge in [-0.15, -0.1) is 11.8 Å². The van der Waals surface area contributed by atoms with Gasteiger partial charge in [-0.3, -0.25) is 0 Å². The summed E-state index contributed by atoms with van der Waals surface area (Å²) < 4.78 is 5.72. The van der Waals surface area contributed by atoms with E-state index in [4.69, 9.17) is 10.2 Å². The van der Waals surface area contributed by atoms with Crippen molar-refractivity contribution in [2.45, 2.75) is 30.4 Å². The number of nitrogen functional groups attached to an aromatic ring is 1. The van der Waals surface area contributed by atoms with Crippen LogP contribution in [0, 0.1) is 0 Å². The minimum absolute atomic E-state index is 0.562. The summed E-state index contributed by atoms with van der Waals surface area (Å²) in [5.41, 5.74) is 9.41. The zero-order valence-corrected chi connectivity index (χ0v) is 13.0. The summed E-state index contributed by atoms with van der Waals surface area (Å²) in [6, 6.07) is 14.2. The number of hydrogen-bond donors (Lipinski definition) is 1. The molecule has 3 rings (SSSR count). The van der Waals surface area contributed by atoms with Gasteiger partial charge in [0.15, 0.2) is 5.58 Å². The highest BCUT2D eigenvalue weighted by Crippen LogP contribution is 2.26. The fraction of sp³-hybridized carbons (Fsp3) is 0.235.